The van der Waals surface area contributed by atoms with Gasteiger partial charge in [0.2, 0.25) is 5.88 Å². The maximum absolute atomic E-state index is 11.8. The van der Waals surface area contributed by atoms with Gasteiger partial charge in [0, 0.05) is 18.8 Å². The average molecular weight is 294 g/mol. The number of nitrogens with zero attached hydrogens (tertiary/aromatic N) is 2. The average Bonchev–Trinajstić information content (AvgIpc) is 2.36. The molecule has 5 nitrogen and oxygen atoms in total. The van der Waals surface area contributed by atoms with Gasteiger partial charge in [-0.3, -0.25) is 0 Å². The fourth-order valence-electron chi connectivity index (χ4n) is 1.67. The van der Waals surface area contributed by atoms with Crippen molar-refractivity contribution in [1.29, 1.82) is 0 Å². The molecule has 1 aromatic rings. The van der Waals surface area contributed by atoms with E-state index in [9.17, 15) is 4.79 Å². The summed E-state index contributed by atoms with van der Waals surface area (Å²) < 4.78 is 11.0. The molecule has 0 saturated carbocycles. The lowest BCUT2D eigenvalue weighted by atomic mass is 10.1. The number of carbonyl (C=O) groups excluding carboxylic acids is 1. The van der Waals surface area contributed by atoms with Crippen molar-refractivity contribution in [1.82, 2.24) is 9.88 Å². The first-order valence-corrected chi connectivity index (χ1v) is 7.22. The van der Waals surface area contributed by atoms with Crippen LogP contribution in [0.15, 0.2) is 18.3 Å². The standard InChI is InChI=1S/C16H26N2O3/c1-12(2)13-8-7-9-17-14(13)20-11-10-18(6)15(19)21-16(3,4)5/h7-9,12H,10-11H2,1-6H3. The summed E-state index contributed by atoms with van der Waals surface area (Å²) in [4.78, 5) is 17.6. The Labute approximate surface area is 127 Å². The van der Waals surface area contributed by atoms with Crippen molar-refractivity contribution < 1.29 is 14.3 Å². The number of pyridine rings is 1. The second kappa shape index (κ2) is 7.29. The summed E-state index contributed by atoms with van der Waals surface area (Å²) in [5.41, 5.74) is 0.579. The summed E-state index contributed by atoms with van der Waals surface area (Å²) in [5, 5.41) is 0. The smallest absolute Gasteiger partial charge is 0.410 e. The molecule has 0 saturated heterocycles. The van der Waals surface area contributed by atoms with Crippen LogP contribution < -0.4 is 4.74 Å². The number of ether oxygens (including phenoxy) is 2. The molecule has 0 N–H and O–H groups in total. The molecule has 0 radical (unpaired) electrons. The third-order valence-electron chi connectivity index (χ3n) is 2.79. The van der Waals surface area contributed by atoms with Crippen molar-refractivity contribution >= 4 is 6.09 Å². The zero-order chi connectivity index (χ0) is 16.0. The van der Waals surface area contributed by atoms with Gasteiger partial charge in [0.15, 0.2) is 0 Å². The maximum Gasteiger partial charge on any atom is 0.410 e. The largest absolute Gasteiger partial charge is 0.476 e. The summed E-state index contributed by atoms with van der Waals surface area (Å²) in [6.45, 7) is 10.6. The zero-order valence-electron chi connectivity index (χ0n) is 13.8. The molecule has 1 aromatic heterocycles. The van der Waals surface area contributed by atoms with E-state index in [0.717, 1.165) is 5.56 Å². The van der Waals surface area contributed by atoms with Crippen LogP contribution in [0.1, 0.15) is 46.1 Å². The van der Waals surface area contributed by atoms with E-state index < -0.39 is 5.60 Å². The zero-order valence-corrected chi connectivity index (χ0v) is 13.8. The van der Waals surface area contributed by atoms with Gasteiger partial charge in [0.1, 0.15) is 12.2 Å². The summed E-state index contributed by atoms with van der Waals surface area (Å²) in [7, 11) is 1.69. The Morgan fingerprint density at radius 2 is 2.05 bits per heavy atom. The molecule has 21 heavy (non-hydrogen) atoms. The molecule has 1 heterocycles. The van der Waals surface area contributed by atoms with Crippen LogP contribution in [-0.4, -0.2) is 41.8 Å². The van der Waals surface area contributed by atoms with Gasteiger partial charge in [-0.1, -0.05) is 19.9 Å². The third kappa shape index (κ3) is 6.02. The molecule has 0 spiro atoms. The van der Waals surface area contributed by atoms with E-state index in [1.165, 1.54) is 4.90 Å². The highest BCUT2D eigenvalue weighted by Gasteiger charge is 2.19. The lowest BCUT2D eigenvalue weighted by molar-refractivity contribution is 0.0277. The van der Waals surface area contributed by atoms with Gasteiger partial charge in [0.25, 0.3) is 0 Å². The van der Waals surface area contributed by atoms with Crippen molar-refractivity contribution in [2.45, 2.75) is 46.1 Å². The van der Waals surface area contributed by atoms with Crippen LogP contribution in [0, 0.1) is 0 Å². The predicted octanol–water partition coefficient (Wildman–Crippen LogP) is 3.45. The van der Waals surface area contributed by atoms with Gasteiger partial charge in [-0.25, -0.2) is 9.78 Å². The van der Waals surface area contributed by atoms with Crippen molar-refractivity contribution in [3.63, 3.8) is 0 Å². The van der Waals surface area contributed by atoms with E-state index in [1.54, 1.807) is 13.2 Å². The molecule has 0 unspecified atom stereocenters. The molecule has 1 rings (SSSR count). The highest BCUT2D eigenvalue weighted by Crippen LogP contribution is 2.23. The van der Waals surface area contributed by atoms with E-state index in [0.29, 0.717) is 24.9 Å². The lowest BCUT2D eigenvalue weighted by Crippen LogP contribution is -2.36. The highest BCUT2D eigenvalue weighted by atomic mass is 16.6. The summed E-state index contributed by atoms with van der Waals surface area (Å²) in [6, 6.07) is 3.90. The normalized spacial score (nSPS) is 11.4. The van der Waals surface area contributed by atoms with Crippen LogP contribution in [0.4, 0.5) is 4.79 Å². The molecule has 0 aliphatic carbocycles. The predicted molar refractivity (Wildman–Crippen MR) is 82.7 cm³/mol. The Morgan fingerprint density at radius 3 is 2.62 bits per heavy atom. The molecular weight excluding hydrogens is 268 g/mol. The molecule has 1 amide bonds. The molecule has 0 fully saturated rings. The van der Waals surface area contributed by atoms with Gasteiger partial charge in [0.05, 0.1) is 6.54 Å². The molecule has 118 valence electrons. The SMILES string of the molecule is CC(C)c1cccnc1OCCN(C)C(=O)OC(C)(C)C. The van der Waals surface area contributed by atoms with E-state index in [1.807, 2.05) is 32.9 Å². The minimum absolute atomic E-state index is 0.345. The molecule has 0 bridgehead atoms. The van der Waals surface area contributed by atoms with Gasteiger partial charge in [-0.15, -0.1) is 0 Å². The quantitative estimate of drug-likeness (QED) is 0.834. The Hall–Kier alpha value is -1.78. The van der Waals surface area contributed by atoms with Gasteiger partial charge in [-0.2, -0.15) is 0 Å². The minimum atomic E-state index is -0.488. The van der Waals surface area contributed by atoms with Crippen molar-refractivity contribution in [3.05, 3.63) is 23.9 Å². The molecule has 0 aromatic carbocycles. The topological polar surface area (TPSA) is 51.7 Å². The van der Waals surface area contributed by atoms with Crippen LogP contribution in [0.2, 0.25) is 0 Å². The minimum Gasteiger partial charge on any atom is -0.476 e. The number of aromatic nitrogens is 1. The lowest BCUT2D eigenvalue weighted by Gasteiger charge is -2.24. The van der Waals surface area contributed by atoms with Crippen LogP contribution in [-0.2, 0) is 4.74 Å². The van der Waals surface area contributed by atoms with Crippen molar-refractivity contribution in [3.8, 4) is 5.88 Å². The third-order valence-corrected chi connectivity index (χ3v) is 2.79. The van der Waals surface area contributed by atoms with Crippen LogP contribution >= 0.6 is 0 Å². The van der Waals surface area contributed by atoms with Crippen molar-refractivity contribution in [2.75, 3.05) is 20.2 Å². The summed E-state index contributed by atoms with van der Waals surface area (Å²) >= 11 is 0. The highest BCUT2D eigenvalue weighted by molar-refractivity contribution is 5.67. The summed E-state index contributed by atoms with van der Waals surface area (Å²) in [5.74, 6) is 0.974. The van der Waals surface area contributed by atoms with Gasteiger partial charge in [-0.05, 0) is 32.8 Å². The summed E-state index contributed by atoms with van der Waals surface area (Å²) in [6.07, 6.45) is 1.36. The number of hydrogen-bond donors (Lipinski definition) is 0. The van der Waals surface area contributed by atoms with Crippen LogP contribution in [0.25, 0.3) is 0 Å². The number of carbonyl (C=O) groups is 1. The number of amides is 1. The number of likely N-dealkylation sites (N-methyl/N-ethyl adjacent to an activating group) is 1. The Bertz CT molecular complexity index is 467. The van der Waals surface area contributed by atoms with E-state index in [-0.39, 0.29) is 6.09 Å². The monoisotopic (exact) mass is 294 g/mol. The molecule has 0 aliphatic heterocycles. The molecule has 5 heteroatoms. The number of hydrogen-bond acceptors (Lipinski definition) is 4. The fraction of sp³-hybridized carbons (Fsp3) is 0.625. The van der Waals surface area contributed by atoms with E-state index >= 15 is 0 Å². The van der Waals surface area contributed by atoms with E-state index in [2.05, 4.69) is 18.8 Å². The van der Waals surface area contributed by atoms with Crippen LogP contribution in [0.5, 0.6) is 5.88 Å². The van der Waals surface area contributed by atoms with Gasteiger partial charge >= 0.3 is 6.09 Å². The van der Waals surface area contributed by atoms with Crippen molar-refractivity contribution in [2.24, 2.45) is 0 Å². The van der Waals surface area contributed by atoms with Gasteiger partial charge < -0.3 is 14.4 Å². The second-order valence-corrected chi connectivity index (χ2v) is 6.30. The molecule has 0 atom stereocenters. The first-order chi connectivity index (χ1) is 9.70. The second-order valence-electron chi connectivity index (χ2n) is 6.30. The molecule has 0 aliphatic rings. The maximum atomic E-state index is 11.8. The molecular formula is C16H26N2O3. The van der Waals surface area contributed by atoms with Crippen LogP contribution in [0.3, 0.4) is 0 Å². The fourth-order valence-corrected chi connectivity index (χ4v) is 1.67. The Balaban J connectivity index is 2.49. The first-order valence-electron chi connectivity index (χ1n) is 7.22. The number of rotatable bonds is 5. The van der Waals surface area contributed by atoms with E-state index in [4.69, 9.17) is 9.47 Å². The first kappa shape index (κ1) is 17.3. The Kier molecular flexibility index (Phi) is 6.00. The Morgan fingerprint density at radius 1 is 1.38 bits per heavy atom.